The van der Waals surface area contributed by atoms with E-state index in [-0.39, 0.29) is 23.5 Å². The van der Waals surface area contributed by atoms with E-state index in [0.717, 1.165) is 4.90 Å². The Labute approximate surface area is 124 Å². The van der Waals surface area contributed by atoms with Crippen LogP contribution in [0.5, 0.6) is 0 Å². The zero-order valence-corrected chi connectivity index (χ0v) is 13.1. The number of amides is 3. The van der Waals surface area contributed by atoms with Crippen LogP contribution in [0.4, 0.5) is 4.79 Å². The molecule has 0 saturated carbocycles. The molecule has 4 N–H and O–H groups in total. The molecule has 120 valence electrons. The first-order chi connectivity index (χ1) is 9.50. The number of hydrogen-bond donors (Lipinski definition) is 4. The van der Waals surface area contributed by atoms with Crippen LogP contribution in [0.2, 0.25) is 0 Å². The lowest BCUT2D eigenvalue weighted by Gasteiger charge is -2.50. The number of aliphatic hydroxyl groups is 2. The van der Waals surface area contributed by atoms with Crippen molar-refractivity contribution >= 4 is 11.9 Å². The molecule has 0 aliphatic carbocycles. The molecule has 2 heterocycles. The Morgan fingerprint density at radius 1 is 1.19 bits per heavy atom. The van der Waals surface area contributed by atoms with E-state index in [1.54, 1.807) is 0 Å². The quantitative estimate of drug-likeness (QED) is 0.530. The molecule has 2 aliphatic rings. The predicted molar refractivity (Wildman–Crippen MR) is 76.6 cm³/mol. The minimum Gasteiger partial charge on any atom is -0.394 e. The van der Waals surface area contributed by atoms with Gasteiger partial charge in [0.1, 0.15) is 5.54 Å². The average molecular weight is 299 g/mol. The number of carbonyl (C=O) groups excluding carboxylic acids is 2. The summed E-state index contributed by atoms with van der Waals surface area (Å²) in [7, 11) is 0. The molecule has 0 bridgehead atoms. The SMILES string of the molecule is CC1(C)CC2(CC(C)(C)N1)NC(=O)N(CC(O)CO)C2=O. The van der Waals surface area contributed by atoms with E-state index in [1.165, 1.54) is 0 Å². The summed E-state index contributed by atoms with van der Waals surface area (Å²) in [4.78, 5) is 25.9. The van der Waals surface area contributed by atoms with E-state index in [1.807, 2.05) is 27.7 Å². The van der Waals surface area contributed by atoms with Gasteiger partial charge in [-0.3, -0.25) is 9.69 Å². The third-order valence-corrected chi connectivity index (χ3v) is 4.01. The summed E-state index contributed by atoms with van der Waals surface area (Å²) in [5.41, 5.74) is -1.53. The summed E-state index contributed by atoms with van der Waals surface area (Å²) in [6.07, 6.45) is -0.142. The highest BCUT2D eigenvalue weighted by atomic mass is 16.3. The maximum Gasteiger partial charge on any atom is 0.325 e. The minimum atomic E-state index is -1.11. The van der Waals surface area contributed by atoms with E-state index < -0.39 is 24.3 Å². The van der Waals surface area contributed by atoms with Gasteiger partial charge in [-0.1, -0.05) is 0 Å². The van der Waals surface area contributed by atoms with Crippen LogP contribution in [0.25, 0.3) is 0 Å². The van der Waals surface area contributed by atoms with Crippen molar-refractivity contribution in [2.24, 2.45) is 0 Å². The van der Waals surface area contributed by atoms with E-state index in [4.69, 9.17) is 5.11 Å². The summed E-state index contributed by atoms with van der Waals surface area (Å²) in [5, 5.41) is 24.7. The van der Waals surface area contributed by atoms with Gasteiger partial charge in [-0.15, -0.1) is 0 Å². The average Bonchev–Trinajstić information content (AvgIpc) is 2.48. The Kier molecular flexibility index (Phi) is 3.80. The van der Waals surface area contributed by atoms with Gasteiger partial charge >= 0.3 is 6.03 Å². The van der Waals surface area contributed by atoms with Crippen LogP contribution in [0, 0.1) is 0 Å². The zero-order valence-electron chi connectivity index (χ0n) is 13.1. The molecule has 0 aromatic heterocycles. The number of urea groups is 1. The molecule has 0 aromatic carbocycles. The fraction of sp³-hybridized carbons (Fsp3) is 0.857. The summed E-state index contributed by atoms with van der Waals surface area (Å²) in [6, 6.07) is -0.499. The van der Waals surface area contributed by atoms with Crippen molar-refractivity contribution in [3.8, 4) is 0 Å². The van der Waals surface area contributed by atoms with Gasteiger partial charge in [-0.2, -0.15) is 0 Å². The van der Waals surface area contributed by atoms with Crippen molar-refractivity contribution in [3.05, 3.63) is 0 Å². The van der Waals surface area contributed by atoms with Gasteiger partial charge in [0, 0.05) is 11.1 Å². The summed E-state index contributed by atoms with van der Waals surface area (Å²) < 4.78 is 0. The number of β-amino-alcohol motifs (C(OH)–C–C–N with tert-alkyl or cyclic N) is 1. The van der Waals surface area contributed by atoms with Crippen LogP contribution in [0.15, 0.2) is 0 Å². The maximum atomic E-state index is 12.7. The van der Waals surface area contributed by atoms with E-state index in [2.05, 4.69) is 10.6 Å². The number of imide groups is 1. The largest absolute Gasteiger partial charge is 0.394 e. The minimum absolute atomic E-state index is 0.183. The van der Waals surface area contributed by atoms with E-state index >= 15 is 0 Å². The number of rotatable bonds is 3. The molecule has 2 saturated heterocycles. The Balaban J connectivity index is 2.28. The first-order valence-electron chi connectivity index (χ1n) is 7.23. The van der Waals surface area contributed by atoms with Gasteiger partial charge in [-0.25, -0.2) is 4.79 Å². The Morgan fingerprint density at radius 2 is 1.71 bits per heavy atom. The van der Waals surface area contributed by atoms with Crippen molar-refractivity contribution in [2.45, 2.75) is 63.3 Å². The van der Waals surface area contributed by atoms with Gasteiger partial charge < -0.3 is 20.8 Å². The molecule has 2 rings (SSSR count). The molecular weight excluding hydrogens is 274 g/mol. The van der Waals surface area contributed by atoms with Gasteiger partial charge in [0.25, 0.3) is 5.91 Å². The fourth-order valence-corrected chi connectivity index (χ4v) is 3.93. The van der Waals surface area contributed by atoms with Gasteiger partial charge in [-0.05, 0) is 40.5 Å². The van der Waals surface area contributed by atoms with E-state index in [9.17, 15) is 14.7 Å². The number of hydrogen-bond acceptors (Lipinski definition) is 5. The van der Waals surface area contributed by atoms with E-state index in [0.29, 0.717) is 12.8 Å². The first kappa shape index (κ1) is 16.2. The van der Waals surface area contributed by atoms with Crippen LogP contribution >= 0.6 is 0 Å². The van der Waals surface area contributed by atoms with Gasteiger partial charge in [0.2, 0.25) is 0 Å². The summed E-state index contributed by atoms with van der Waals surface area (Å²) in [6.45, 7) is 7.33. The smallest absolute Gasteiger partial charge is 0.325 e. The van der Waals surface area contributed by atoms with Crippen LogP contribution < -0.4 is 10.6 Å². The standard InChI is InChI=1S/C14H25N3O4/c1-12(2)7-14(8-13(3,4)16-12)10(20)17(11(21)15-14)5-9(19)6-18/h9,16,18-19H,5-8H2,1-4H3,(H,15,21). The monoisotopic (exact) mass is 299 g/mol. The number of aliphatic hydroxyl groups excluding tert-OH is 2. The second-order valence-electron chi connectivity index (χ2n) is 7.51. The lowest BCUT2D eigenvalue weighted by molar-refractivity contribution is -0.135. The van der Waals surface area contributed by atoms with Crippen LogP contribution in [0.3, 0.4) is 0 Å². The van der Waals surface area contributed by atoms with Crippen molar-refractivity contribution < 1.29 is 19.8 Å². The van der Waals surface area contributed by atoms with Gasteiger partial charge in [0.05, 0.1) is 19.3 Å². The number of nitrogens with zero attached hydrogens (tertiary/aromatic N) is 1. The normalized spacial score (nSPS) is 27.8. The third kappa shape index (κ3) is 3.04. The molecule has 1 spiro atoms. The highest BCUT2D eigenvalue weighted by Gasteiger charge is 2.58. The third-order valence-electron chi connectivity index (χ3n) is 4.01. The molecule has 2 aliphatic heterocycles. The van der Waals surface area contributed by atoms with Gasteiger partial charge in [0.15, 0.2) is 0 Å². The number of carbonyl (C=O) groups is 2. The lowest BCUT2D eigenvalue weighted by atomic mass is 9.71. The summed E-state index contributed by atoms with van der Waals surface area (Å²) in [5.74, 6) is -0.317. The molecule has 7 nitrogen and oxygen atoms in total. The molecule has 0 radical (unpaired) electrons. The molecule has 7 heteroatoms. The lowest BCUT2D eigenvalue weighted by Crippen LogP contribution is -2.68. The predicted octanol–water partition coefficient (Wildman–Crippen LogP) is -0.429. The second-order valence-corrected chi connectivity index (χ2v) is 7.51. The topological polar surface area (TPSA) is 102 Å². The number of piperidine rings is 1. The summed E-state index contributed by atoms with van der Waals surface area (Å²) >= 11 is 0. The molecule has 1 atom stereocenters. The molecule has 21 heavy (non-hydrogen) atoms. The Hall–Kier alpha value is -1.18. The van der Waals surface area contributed by atoms with Crippen molar-refractivity contribution in [1.29, 1.82) is 0 Å². The van der Waals surface area contributed by atoms with Crippen molar-refractivity contribution in [2.75, 3.05) is 13.2 Å². The molecule has 2 fully saturated rings. The maximum absolute atomic E-state index is 12.7. The molecule has 3 amide bonds. The van der Waals surface area contributed by atoms with Crippen LogP contribution in [-0.4, -0.2) is 62.9 Å². The molecule has 1 unspecified atom stereocenters. The second kappa shape index (κ2) is 4.93. The van der Waals surface area contributed by atoms with Crippen LogP contribution in [-0.2, 0) is 4.79 Å². The van der Waals surface area contributed by atoms with Crippen molar-refractivity contribution in [3.63, 3.8) is 0 Å². The van der Waals surface area contributed by atoms with Crippen molar-refractivity contribution in [1.82, 2.24) is 15.5 Å². The molecule has 0 aromatic rings. The number of nitrogens with one attached hydrogen (secondary N) is 2. The fourth-order valence-electron chi connectivity index (χ4n) is 3.93. The highest BCUT2D eigenvalue weighted by Crippen LogP contribution is 2.39. The van der Waals surface area contributed by atoms with Crippen LogP contribution in [0.1, 0.15) is 40.5 Å². The first-order valence-corrected chi connectivity index (χ1v) is 7.23. The zero-order chi connectivity index (χ0) is 16.1. The highest BCUT2D eigenvalue weighted by molar-refractivity contribution is 6.07. The Bertz CT molecular complexity index is 445. The molecular formula is C14H25N3O4. The Morgan fingerprint density at radius 3 is 2.19 bits per heavy atom.